The Kier molecular flexibility index (Phi) is 2.55. The number of ether oxygens (including phenoxy) is 1. The van der Waals surface area contributed by atoms with Crippen LogP contribution in [0.1, 0.15) is 18.9 Å². The molecule has 3 heteroatoms. The maximum absolute atomic E-state index is 6.04. The molecule has 1 aliphatic heterocycles. The number of hydrogen-bond acceptors (Lipinski definition) is 2. The van der Waals surface area contributed by atoms with Crippen LogP contribution in [0.3, 0.4) is 0 Å². The quantitative estimate of drug-likeness (QED) is 0.712. The summed E-state index contributed by atoms with van der Waals surface area (Å²) in [5, 5.41) is 4.10. The average Bonchev–Trinajstić information content (AvgIpc) is 2.28. The maximum Gasteiger partial charge on any atom is 0.144 e. The van der Waals surface area contributed by atoms with Gasteiger partial charge in [0.2, 0.25) is 0 Å². The zero-order valence-corrected chi connectivity index (χ0v) is 9.19. The number of rotatable bonds is 0. The topological polar surface area (TPSA) is 21.3 Å². The van der Waals surface area contributed by atoms with Gasteiger partial charge in [-0.2, -0.15) is 0 Å². The number of nitrogens with one attached hydrogen (secondary N) is 1. The first-order valence-electron chi connectivity index (χ1n) is 4.87. The van der Waals surface area contributed by atoms with Crippen molar-refractivity contribution in [1.82, 2.24) is 0 Å². The van der Waals surface area contributed by atoms with Crippen molar-refractivity contribution in [1.29, 1.82) is 0 Å². The summed E-state index contributed by atoms with van der Waals surface area (Å²) in [6.45, 7) is 5.03. The average molecular weight is 212 g/mol. The van der Waals surface area contributed by atoms with Gasteiger partial charge in [0.05, 0.1) is 11.8 Å². The molecule has 0 bridgehead atoms. The number of aryl methyl sites for hydroxylation is 1. The lowest BCUT2D eigenvalue weighted by molar-refractivity contribution is 0.222. The highest BCUT2D eigenvalue weighted by molar-refractivity contribution is 6.31. The molecule has 14 heavy (non-hydrogen) atoms. The van der Waals surface area contributed by atoms with E-state index in [-0.39, 0.29) is 6.10 Å². The molecule has 0 amide bonds. The molecule has 2 rings (SSSR count). The second kappa shape index (κ2) is 3.70. The van der Waals surface area contributed by atoms with Crippen molar-refractivity contribution < 1.29 is 4.74 Å². The Hall–Kier alpha value is -0.890. The van der Waals surface area contributed by atoms with E-state index in [1.54, 1.807) is 0 Å². The first-order chi connectivity index (χ1) is 6.66. The van der Waals surface area contributed by atoms with E-state index < -0.39 is 0 Å². The molecule has 1 N–H and O–H groups in total. The van der Waals surface area contributed by atoms with E-state index >= 15 is 0 Å². The van der Waals surface area contributed by atoms with Crippen LogP contribution in [0.5, 0.6) is 5.75 Å². The number of hydrogen-bond donors (Lipinski definition) is 1. The van der Waals surface area contributed by atoms with E-state index in [0.717, 1.165) is 35.0 Å². The highest BCUT2D eigenvalue weighted by atomic mass is 35.5. The monoisotopic (exact) mass is 211 g/mol. The molecule has 1 aliphatic rings. The van der Waals surface area contributed by atoms with Gasteiger partial charge in [0.25, 0.3) is 0 Å². The van der Waals surface area contributed by atoms with Crippen molar-refractivity contribution >= 4 is 17.3 Å². The van der Waals surface area contributed by atoms with Crippen molar-refractivity contribution in [2.75, 3.05) is 11.9 Å². The van der Waals surface area contributed by atoms with Gasteiger partial charge >= 0.3 is 0 Å². The zero-order valence-electron chi connectivity index (χ0n) is 8.43. The van der Waals surface area contributed by atoms with E-state index in [1.807, 2.05) is 19.1 Å². The molecule has 0 radical (unpaired) electrons. The Bertz CT molecular complexity index is 351. The predicted molar refractivity (Wildman–Crippen MR) is 59.4 cm³/mol. The van der Waals surface area contributed by atoms with Gasteiger partial charge in [-0.1, -0.05) is 11.6 Å². The third kappa shape index (κ3) is 1.80. The zero-order chi connectivity index (χ0) is 10.1. The van der Waals surface area contributed by atoms with Crippen LogP contribution in [0.15, 0.2) is 12.1 Å². The molecule has 1 aromatic rings. The molecular formula is C11H14ClNO. The highest BCUT2D eigenvalue weighted by Gasteiger charge is 2.14. The third-order valence-corrected chi connectivity index (χ3v) is 2.86. The van der Waals surface area contributed by atoms with Crippen LogP contribution in [0.25, 0.3) is 0 Å². The van der Waals surface area contributed by atoms with Gasteiger partial charge in [0.15, 0.2) is 0 Å². The SMILES string of the molecule is Cc1cc2c(cc1Cl)OC(C)CCN2. The summed E-state index contributed by atoms with van der Waals surface area (Å²) in [7, 11) is 0. The smallest absolute Gasteiger partial charge is 0.144 e. The second-order valence-corrected chi connectivity index (χ2v) is 4.15. The molecule has 1 aromatic carbocycles. The largest absolute Gasteiger partial charge is 0.488 e. The van der Waals surface area contributed by atoms with E-state index in [0.29, 0.717) is 0 Å². The van der Waals surface area contributed by atoms with Crippen LogP contribution in [0.4, 0.5) is 5.69 Å². The van der Waals surface area contributed by atoms with Crippen molar-refractivity contribution in [3.63, 3.8) is 0 Å². The van der Waals surface area contributed by atoms with Crippen molar-refractivity contribution in [3.05, 3.63) is 22.7 Å². The van der Waals surface area contributed by atoms with Gasteiger partial charge in [-0.15, -0.1) is 0 Å². The first-order valence-corrected chi connectivity index (χ1v) is 5.25. The minimum Gasteiger partial charge on any atom is -0.488 e. The lowest BCUT2D eigenvalue weighted by Gasteiger charge is -2.12. The van der Waals surface area contributed by atoms with Crippen LogP contribution < -0.4 is 10.1 Å². The molecule has 2 nitrogen and oxygen atoms in total. The summed E-state index contributed by atoms with van der Waals surface area (Å²) in [6.07, 6.45) is 1.27. The predicted octanol–water partition coefficient (Wildman–Crippen LogP) is 3.23. The standard InChI is InChI=1S/C11H14ClNO/c1-7-5-10-11(6-9(7)12)14-8(2)3-4-13-10/h5-6,8,13H,3-4H2,1-2H3. The molecule has 0 spiro atoms. The molecule has 1 unspecified atom stereocenters. The summed E-state index contributed by atoms with van der Waals surface area (Å²) in [5.74, 6) is 0.866. The van der Waals surface area contributed by atoms with E-state index in [1.165, 1.54) is 0 Å². The number of halogens is 1. The van der Waals surface area contributed by atoms with Gasteiger partial charge in [-0.25, -0.2) is 0 Å². The maximum atomic E-state index is 6.04. The summed E-state index contributed by atoms with van der Waals surface area (Å²) < 4.78 is 5.75. The minimum atomic E-state index is 0.252. The first kappa shape index (κ1) is 9.66. The Balaban J connectivity index is 2.41. The van der Waals surface area contributed by atoms with E-state index in [2.05, 4.69) is 12.2 Å². The molecule has 76 valence electrons. The molecule has 1 atom stereocenters. The Labute approximate surface area is 89.2 Å². The third-order valence-electron chi connectivity index (χ3n) is 2.46. The van der Waals surface area contributed by atoms with Crippen LogP contribution >= 0.6 is 11.6 Å². The Morgan fingerprint density at radius 3 is 3.07 bits per heavy atom. The summed E-state index contributed by atoms with van der Waals surface area (Å²) >= 11 is 6.04. The van der Waals surface area contributed by atoms with Crippen LogP contribution in [-0.4, -0.2) is 12.6 Å². The summed E-state index contributed by atoms with van der Waals surface area (Å²) in [6, 6.07) is 3.93. The van der Waals surface area contributed by atoms with E-state index in [9.17, 15) is 0 Å². The van der Waals surface area contributed by atoms with Gasteiger partial charge in [-0.05, 0) is 25.5 Å². The minimum absolute atomic E-state index is 0.252. The molecule has 0 aromatic heterocycles. The second-order valence-electron chi connectivity index (χ2n) is 3.74. The highest BCUT2D eigenvalue weighted by Crippen LogP contribution is 2.33. The molecule has 1 heterocycles. The van der Waals surface area contributed by atoms with Gasteiger partial charge in [0.1, 0.15) is 5.75 Å². The van der Waals surface area contributed by atoms with Crippen LogP contribution in [0, 0.1) is 6.92 Å². The fourth-order valence-corrected chi connectivity index (χ4v) is 1.74. The molecule has 0 saturated heterocycles. The fraction of sp³-hybridized carbons (Fsp3) is 0.455. The molecule has 0 saturated carbocycles. The van der Waals surface area contributed by atoms with Crippen molar-refractivity contribution in [2.24, 2.45) is 0 Å². The molecule has 0 fully saturated rings. The lowest BCUT2D eigenvalue weighted by Crippen LogP contribution is -2.12. The van der Waals surface area contributed by atoms with Crippen molar-refractivity contribution in [2.45, 2.75) is 26.4 Å². The van der Waals surface area contributed by atoms with Crippen LogP contribution in [-0.2, 0) is 0 Å². The fourth-order valence-electron chi connectivity index (χ4n) is 1.58. The number of benzene rings is 1. The molecular weight excluding hydrogens is 198 g/mol. The van der Waals surface area contributed by atoms with Crippen LogP contribution in [0.2, 0.25) is 5.02 Å². The number of fused-ring (bicyclic) bond motifs is 1. The van der Waals surface area contributed by atoms with Gasteiger partial charge in [0, 0.05) is 24.1 Å². The van der Waals surface area contributed by atoms with Gasteiger partial charge in [-0.3, -0.25) is 0 Å². The lowest BCUT2D eigenvalue weighted by atomic mass is 10.2. The summed E-state index contributed by atoms with van der Waals surface area (Å²) in [4.78, 5) is 0. The number of anilines is 1. The Morgan fingerprint density at radius 2 is 2.29 bits per heavy atom. The van der Waals surface area contributed by atoms with E-state index in [4.69, 9.17) is 16.3 Å². The van der Waals surface area contributed by atoms with Gasteiger partial charge < -0.3 is 10.1 Å². The normalized spacial score (nSPS) is 20.4. The Morgan fingerprint density at radius 1 is 1.50 bits per heavy atom. The van der Waals surface area contributed by atoms with Crippen molar-refractivity contribution in [3.8, 4) is 5.75 Å². The summed E-state index contributed by atoms with van der Waals surface area (Å²) in [5.41, 5.74) is 2.13. The molecule has 0 aliphatic carbocycles.